The van der Waals surface area contributed by atoms with E-state index in [2.05, 4.69) is 39.6 Å². The highest BCUT2D eigenvalue weighted by Gasteiger charge is 2.31. The molecule has 1 aromatic heterocycles. The van der Waals surface area contributed by atoms with Crippen LogP contribution < -0.4 is 0 Å². The Bertz CT molecular complexity index is 1350. The molecule has 0 bridgehead atoms. The Labute approximate surface area is 208 Å². The molecule has 1 unspecified atom stereocenters. The van der Waals surface area contributed by atoms with Gasteiger partial charge in [0.2, 0.25) is 11.7 Å². The van der Waals surface area contributed by atoms with Crippen LogP contribution in [-0.2, 0) is 11.4 Å². The molecule has 0 spiro atoms. The van der Waals surface area contributed by atoms with E-state index < -0.39 is 6.09 Å². The zero-order valence-corrected chi connectivity index (χ0v) is 19.9. The topological polar surface area (TPSA) is 101 Å². The molecule has 8 heteroatoms. The van der Waals surface area contributed by atoms with Crippen molar-refractivity contribution in [3.63, 3.8) is 0 Å². The molecule has 5 rings (SSSR count). The Kier molecular flexibility index (Phi) is 6.75. The second kappa shape index (κ2) is 10.4. The first-order chi connectivity index (χ1) is 17.6. The average molecular weight is 483 g/mol. The van der Waals surface area contributed by atoms with E-state index in [1.54, 1.807) is 0 Å². The highest BCUT2D eigenvalue weighted by atomic mass is 16.6. The Hall–Kier alpha value is -4.46. The third kappa shape index (κ3) is 5.27. The molecule has 1 aliphatic heterocycles. The summed E-state index contributed by atoms with van der Waals surface area (Å²) in [6.07, 6.45) is -0.241. The lowest BCUT2D eigenvalue weighted by Gasteiger charge is -2.09. The van der Waals surface area contributed by atoms with Crippen molar-refractivity contribution >= 4 is 11.8 Å². The number of carboxylic acid groups (broad SMARTS) is 1. The van der Waals surface area contributed by atoms with Crippen LogP contribution in [-0.4, -0.2) is 45.0 Å². The minimum atomic E-state index is -0.921. The first-order valence-electron chi connectivity index (χ1n) is 11.8. The molecule has 2 heterocycles. The van der Waals surface area contributed by atoms with Crippen molar-refractivity contribution in [3.8, 4) is 22.5 Å². The van der Waals surface area contributed by atoms with E-state index in [-0.39, 0.29) is 5.92 Å². The Morgan fingerprint density at radius 1 is 1.03 bits per heavy atom. The molecule has 1 amide bonds. The highest BCUT2D eigenvalue weighted by molar-refractivity contribution is 5.98. The van der Waals surface area contributed by atoms with Crippen LogP contribution in [0.15, 0.2) is 88.5 Å². The van der Waals surface area contributed by atoms with E-state index in [1.165, 1.54) is 16.0 Å². The number of amides is 1. The minimum absolute atomic E-state index is 0.0670. The lowest BCUT2D eigenvalue weighted by molar-refractivity contribution is 0.130. The number of hydrogen-bond acceptors (Lipinski definition) is 6. The summed E-state index contributed by atoms with van der Waals surface area (Å²) in [6, 6.07) is 26.2. The first-order valence-corrected chi connectivity index (χ1v) is 11.8. The summed E-state index contributed by atoms with van der Waals surface area (Å²) in [4.78, 5) is 22.6. The predicted octanol–water partition coefficient (Wildman–Crippen LogP) is 5.81. The van der Waals surface area contributed by atoms with E-state index in [1.807, 2.05) is 61.5 Å². The molecule has 1 saturated heterocycles. The van der Waals surface area contributed by atoms with Crippen LogP contribution in [0.25, 0.3) is 22.5 Å². The maximum atomic E-state index is 11.1. The fourth-order valence-electron chi connectivity index (χ4n) is 4.19. The maximum absolute atomic E-state index is 11.1. The van der Waals surface area contributed by atoms with Crippen molar-refractivity contribution < 1.29 is 19.3 Å². The van der Waals surface area contributed by atoms with Gasteiger partial charge in [-0.25, -0.2) is 4.79 Å². The molecule has 182 valence electrons. The normalized spacial score (nSPS) is 15.8. The molecule has 1 aliphatic rings. The van der Waals surface area contributed by atoms with E-state index >= 15 is 0 Å². The summed E-state index contributed by atoms with van der Waals surface area (Å²) in [5, 5.41) is 17.5. The van der Waals surface area contributed by atoms with Gasteiger partial charge in [0.25, 0.3) is 0 Å². The minimum Gasteiger partial charge on any atom is -0.465 e. The predicted molar refractivity (Wildman–Crippen MR) is 136 cm³/mol. The van der Waals surface area contributed by atoms with Crippen LogP contribution in [0.2, 0.25) is 0 Å². The number of hydrogen-bond donors (Lipinski definition) is 1. The monoisotopic (exact) mass is 482 g/mol. The van der Waals surface area contributed by atoms with Crippen LogP contribution in [0.3, 0.4) is 0 Å². The fourth-order valence-corrected chi connectivity index (χ4v) is 4.19. The second-order valence-corrected chi connectivity index (χ2v) is 8.76. The van der Waals surface area contributed by atoms with Gasteiger partial charge in [0.15, 0.2) is 0 Å². The number of benzene rings is 3. The summed E-state index contributed by atoms with van der Waals surface area (Å²) in [7, 11) is 0. The first kappa shape index (κ1) is 23.3. The van der Waals surface area contributed by atoms with Crippen molar-refractivity contribution in [2.75, 3.05) is 13.1 Å². The summed E-state index contributed by atoms with van der Waals surface area (Å²) < 4.78 is 5.41. The smallest absolute Gasteiger partial charge is 0.407 e. The number of nitrogens with zero attached hydrogens (tertiary/aromatic N) is 4. The van der Waals surface area contributed by atoms with E-state index in [4.69, 9.17) is 14.5 Å². The van der Waals surface area contributed by atoms with Crippen molar-refractivity contribution in [2.45, 2.75) is 25.9 Å². The Balaban J connectivity index is 1.17. The SMILES string of the molecule is CC(=NOCc1ccc(-c2ccccc2)cc1)c1ccc(-c2noc(C3CCN(C(=O)O)C3)n2)cc1. The maximum Gasteiger partial charge on any atom is 0.407 e. The van der Waals surface area contributed by atoms with Crippen molar-refractivity contribution in [1.29, 1.82) is 0 Å². The zero-order chi connectivity index (χ0) is 24.9. The Morgan fingerprint density at radius 3 is 2.42 bits per heavy atom. The lowest BCUT2D eigenvalue weighted by atomic mass is 10.0. The molecule has 4 aromatic rings. The van der Waals surface area contributed by atoms with Crippen molar-refractivity contribution in [1.82, 2.24) is 15.0 Å². The molecule has 1 N–H and O–H groups in total. The molecule has 1 atom stereocenters. The van der Waals surface area contributed by atoms with E-state index in [0.29, 0.717) is 37.8 Å². The van der Waals surface area contributed by atoms with Gasteiger partial charge in [-0.05, 0) is 35.6 Å². The van der Waals surface area contributed by atoms with Gasteiger partial charge < -0.3 is 19.4 Å². The Morgan fingerprint density at radius 2 is 1.72 bits per heavy atom. The van der Waals surface area contributed by atoms with Gasteiger partial charge in [-0.2, -0.15) is 4.98 Å². The van der Waals surface area contributed by atoms with Crippen LogP contribution >= 0.6 is 0 Å². The molecule has 3 aromatic carbocycles. The van der Waals surface area contributed by atoms with Gasteiger partial charge >= 0.3 is 6.09 Å². The molecule has 8 nitrogen and oxygen atoms in total. The number of carbonyl (C=O) groups is 1. The standard InChI is InChI=1S/C28H26N4O4/c1-19(30-35-18-20-7-9-23(10-8-20)22-5-3-2-4-6-22)21-11-13-24(14-12-21)26-29-27(36-31-26)25-15-16-32(17-25)28(33)34/h2-14,25H,15-18H2,1H3,(H,33,34). The molecule has 1 fully saturated rings. The van der Waals surface area contributed by atoms with Crippen molar-refractivity contribution in [3.05, 3.63) is 95.9 Å². The number of oxime groups is 1. The third-order valence-corrected chi connectivity index (χ3v) is 6.30. The van der Waals surface area contributed by atoms with Gasteiger partial charge in [-0.3, -0.25) is 0 Å². The second-order valence-electron chi connectivity index (χ2n) is 8.76. The highest BCUT2D eigenvalue weighted by Crippen LogP contribution is 2.28. The number of rotatable bonds is 7. The summed E-state index contributed by atoms with van der Waals surface area (Å²) >= 11 is 0. The van der Waals surface area contributed by atoms with Crippen molar-refractivity contribution in [2.24, 2.45) is 5.16 Å². The number of likely N-dealkylation sites (tertiary alicyclic amines) is 1. The average Bonchev–Trinajstić information content (AvgIpc) is 3.60. The fraction of sp³-hybridized carbons (Fsp3) is 0.214. The van der Waals surface area contributed by atoms with Crippen LogP contribution in [0.5, 0.6) is 0 Å². The summed E-state index contributed by atoms with van der Waals surface area (Å²) in [6.45, 7) is 3.14. The van der Waals surface area contributed by atoms with Crippen LogP contribution in [0.1, 0.15) is 36.3 Å². The largest absolute Gasteiger partial charge is 0.465 e. The molecule has 0 aliphatic carbocycles. The molecular weight excluding hydrogens is 456 g/mol. The van der Waals surface area contributed by atoms with E-state index in [9.17, 15) is 4.79 Å². The van der Waals surface area contributed by atoms with Gasteiger partial charge in [-0.15, -0.1) is 0 Å². The zero-order valence-electron chi connectivity index (χ0n) is 19.9. The summed E-state index contributed by atoms with van der Waals surface area (Å²) in [5.41, 5.74) is 5.89. The van der Waals surface area contributed by atoms with Gasteiger partial charge in [0, 0.05) is 18.7 Å². The van der Waals surface area contributed by atoms with Gasteiger partial charge in [-0.1, -0.05) is 89.2 Å². The van der Waals surface area contributed by atoms with Gasteiger partial charge in [0.1, 0.15) is 6.61 Å². The molecule has 0 saturated carbocycles. The van der Waals surface area contributed by atoms with Crippen LogP contribution in [0.4, 0.5) is 4.79 Å². The number of aromatic nitrogens is 2. The van der Waals surface area contributed by atoms with Gasteiger partial charge in [0.05, 0.1) is 11.6 Å². The quantitative estimate of drug-likeness (QED) is 0.263. The van der Waals surface area contributed by atoms with Crippen LogP contribution in [0, 0.1) is 0 Å². The third-order valence-electron chi connectivity index (χ3n) is 6.30. The van der Waals surface area contributed by atoms with E-state index in [0.717, 1.165) is 22.4 Å². The molecular formula is C28H26N4O4. The lowest BCUT2D eigenvalue weighted by Crippen LogP contribution is -2.26. The molecule has 36 heavy (non-hydrogen) atoms. The molecule has 0 radical (unpaired) electrons. The summed E-state index contributed by atoms with van der Waals surface area (Å²) in [5.74, 6) is 0.888.